The highest BCUT2D eigenvalue weighted by Crippen LogP contribution is 2.32. The first-order chi connectivity index (χ1) is 16.3. The number of piperidine rings is 1. The SMILES string of the molecule is CC1CCN(S(=O)(=O)c2ccc3c(c2)CCC(=O)N3CC(=O)NC[C@@H](C)c2ccccc2)CC1. The molecule has 0 spiro atoms. The Morgan fingerprint density at radius 1 is 1.09 bits per heavy atom. The van der Waals surface area contributed by atoms with Gasteiger partial charge in [0.1, 0.15) is 6.54 Å². The number of aryl methyl sites for hydroxylation is 1. The maximum absolute atomic E-state index is 13.2. The lowest BCUT2D eigenvalue weighted by molar-refractivity contribution is -0.124. The van der Waals surface area contributed by atoms with Gasteiger partial charge in [0.2, 0.25) is 21.8 Å². The maximum Gasteiger partial charge on any atom is 0.243 e. The molecule has 0 aliphatic carbocycles. The number of carbonyl (C=O) groups excluding carboxylic acids is 2. The van der Waals surface area contributed by atoms with Crippen molar-refractivity contribution in [2.24, 2.45) is 5.92 Å². The molecule has 0 bridgehead atoms. The Kier molecular flexibility index (Phi) is 7.38. The highest BCUT2D eigenvalue weighted by Gasteiger charge is 2.31. The van der Waals surface area contributed by atoms with Gasteiger partial charge in [-0.15, -0.1) is 0 Å². The molecule has 8 heteroatoms. The predicted octanol–water partition coefficient (Wildman–Crippen LogP) is 3.31. The number of carbonyl (C=O) groups is 2. The first-order valence-electron chi connectivity index (χ1n) is 12.0. The summed E-state index contributed by atoms with van der Waals surface area (Å²) in [6.07, 6.45) is 2.46. The van der Waals surface area contributed by atoms with Gasteiger partial charge in [-0.2, -0.15) is 4.31 Å². The molecule has 182 valence electrons. The Morgan fingerprint density at radius 2 is 1.79 bits per heavy atom. The van der Waals surface area contributed by atoms with E-state index in [9.17, 15) is 18.0 Å². The van der Waals surface area contributed by atoms with Crippen molar-refractivity contribution in [1.82, 2.24) is 9.62 Å². The lowest BCUT2D eigenvalue weighted by Crippen LogP contribution is -2.44. The summed E-state index contributed by atoms with van der Waals surface area (Å²) < 4.78 is 27.9. The average Bonchev–Trinajstić information content (AvgIpc) is 2.84. The molecule has 2 aliphatic rings. The molecule has 0 aromatic heterocycles. The molecule has 0 radical (unpaired) electrons. The highest BCUT2D eigenvalue weighted by atomic mass is 32.2. The third kappa shape index (κ3) is 5.33. The predicted molar refractivity (Wildman–Crippen MR) is 132 cm³/mol. The minimum Gasteiger partial charge on any atom is -0.354 e. The zero-order valence-electron chi connectivity index (χ0n) is 19.9. The number of hydrogen-bond acceptors (Lipinski definition) is 4. The van der Waals surface area contributed by atoms with Crippen molar-refractivity contribution in [1.29, 1.82) is 0 Å². The summed E-state index contributed by atoms with van der Waals surface area (Å²) in [7, 11) is -3.57. The molecular weight excluding hydrogens is 450 g/mol. The van der Waals surface area contributed by atoms with E-state index in [2.05, 4.69) is 12.2 Å². The second-order valence-corrected chi connectivity index (χ2v) is 11.4. The van der Waals surface area contributed by atoms with Gasteiger partial charge in [-0.05, 0) is 60.4 Å². The molecule has 2 aromatic rings. The smallest absolute Gasteiger partial charge is 0.243 e. The first kappa shape index (κ1) is 24.4. The number of anilines is 1. The summed E-state index contributed by atoms with van der Waals surface area (Å²) in [5.74, 6) is 0.332. The second kappa shape index (κ2) is 10.3. The van der Waals surface area contributed by atoms with Crippen LogP contribution in [-0.4, -0.2) is 50.7 Å². The topological polar surface area (TPSA) is 86.8 Å². The molecule has 34 heavy (non-hydrogen) atoms. The van der Waals surface area contributed by atoms with Crippen molar-refractivity contribution in [3.63, 3.8) is 0 Å². The number of amides is 2. The lowest BCUT2D eigenvalue weighted by atomic mass is 10.0. The van der Waals surface area contributed by atoms with Crippen molar-refractivity contribution < 1.29 is 18.0 Å². The fourth-order valence-electron chi connectivity index (χ4n) is 4.61. The van der Waals surface area contributed by atoms with E-state index in [1.54, 1.807) is 22.5 Å². The van der Waals surface area contributed by atoms with Crippen LogP contribution in [-0.2, 0) is 26.0 Å². The number of benzene rings is 2. The molecule has 1 fully saturated rings. The first-order valence-corrected chi connectivity index (χ1v) is 13.4. The molecule has 1 atom stereocenters. The monoisotopic (exact) mass is 483 g/mol. The minimum atomic E-state index is -3.57. The lowest BCUT2D eigenvalue weighted by Gasteiger charge is -2.31. The van der Waals surface area contributed by atoms with Gasteiger partial charge >= 0.3 is 0 Å². The largest absolute Gasteiger partial charge is 0.354 e. The van der Waals surface area contributed by atoms with Gasteiger partial charge in [0.25, 0.3) is 0 Å². The summed E-state index contributed by atoms with van der Waals surface area (Å²) in [4.78, 5) is 27.0. The zero-order valence-corrected chi connectivity index (χ0v) is 20.7. The Hall–Kier alpha value is -2.71. The van der Waals surface area contributed by atoms with Crippen molar-refractivity contribution in [2.45, 2.75) is 50.3 Å². The van der Waals surface area contributed by atoms with E-state index in [1.807, 2.05) is 37.3 Å². The quantitative estimate of drug-likeness (QED) is 0.655. The number of sulfonamides is 1. The third-order valence-corrected chi connectivity index (χ3v) is 8.80. The molecule has 0 saturated carbocycles. The number of nitrogens with one attached hydrogen (secondary N) is 1. The van der Waals surface area contributed by atoms with E-state index in [0.717, 1.165) is 24.0 Å². The summed E-state index contributed by atoms with van der Waals surface area (Å²) in [5, 5.41) is 2.93. The van der Waals surface area contributed by atoms with Crippen LogP contribution in [0.3, 0.4) is 0 Å². The van der Waals surface area contributed by atoms with Crippen LogP contribution in [0, 0.1) is 5.92 Å². The van der Waals surface area contributed by atoms with Crippen LogP contribution in [0.15, 0.2) is 53.4 Å². The van der Waals surface area contributed by atoms with Crippen molar-refractivity contribution >= 4 is 27.5 Å². The minimum absolute atomic E-state index is 0.0799. The molecule has 0 unspecified atom stereocenters. The zero-order chi connectivity index (χ0) is 24.3. The number of nitrogens with zero attached hydrogens (tertiary/aromatic N) is 2. The van der Waals surface area contributed by atoms with Crippen molar-refractivity contribution in [2.75, 3.05) is 31.1 Å². The van der Waals surface area contributed by atoms with Crippen molar-refractivity contribution in [3.8, 4) is 0 Å². The van der Waals surface area contributed by atoms with Gasteiger partial charge in [-0.1, -0.05) is 44.2 Å². The number of fused-ring (bicyclic) bond motifs is 1. The third-order valence-electron chi connectivity index (χ3n) is 6.91. The second-order valence-electron chi connectivity index (χ2n) is 9.47. The highest BCUT2D eigenvalue weighted by molar-refractivity contribution is 7.89. The molecule has 2 aliphatic heterocycles. The molecule has 2 aromatic carbocycles. The average molecular weight is 484 g/mol. The van der Waals surface area contributed by atoms with Crippen LogP contribution in [0.2, 0.25) is 0 Å². The molecule has 1 N–H and O–H groups in total. The van der Waals surface area contributed by atoms with E-state index in [4.69, 9.17) is 0 Å². The Morgan fingerprint density at radius 3 is 2.50 bits per heavy atom. The summed E-state index contributed by atoms with van der Waals surface area (Å²) in [5.41, 5.74) is 2.55. The van der Waals surface area contributed by atoms with E-state index in [0.29, 0.717) is 37.7 Å². The van der Waals surface area contributed by atoms with Crippen LogP contribution in [0.1, 0.15) is 50.2 Å². The molecule has 7 nitrogen and oxygen atoms in total. The molecule has 2 amide bonds. The van der Waals surface area contributed by atoms with Crippen LogP contribution in [0.25, 0.3) is 0 Å². The van der Waals surface area contributed by atoms with Crippen molar-refractivity contribution in [3.05, 3.63) is 59.7 Å². The van der Waals surface area contributed by atoms with E-state index in [-0.39, 0.29) is 35.6 Å². The van der Waals surface area contributed by atoms with Crippen LogP contribution >= 0.6 is 0 Å². The van der Waals surface area contributed by atoms with Gasteiger partial charge < -0.3 is 10.2 Å². The van der Waals surface area contributed by atoms with E-state index >= 15 is 0 Å². The van der Waals surface area contributed by atoms with Crippen LogP contribution in [0.5, 0.6) is 0 Å². The van der Waals surface area contributed by atoms with Gasteiger partial charge in [-0.3, -0.25) is 9.59 Å². The Balaban J connectivity index is 1.44. The van der Waals surface area contributed by atoms with E-state index in [1.165, 1.54) is 4.90 Å². The van der Waals surface area contributed by atoms with Gasteiger partial charge in [0, 0.05) is 31.7 Å². The van der Waals surface area contributed by atoms with Crippen LogP contribution < -0.4 is 10.2 Å². The molecular formula is C26H33N3O4S. The van der Waals surface area contributed by atoms with Crippen LogP contribution in [0.4, 0.5) is 5.69 Å². The Labute approximate surface area is 202 Å². The fourth-order valence-corrected chi connectivity index (χ4v) is 6.13. The van der Waals surface area contributed by atoms with Gasteiger partial charge in [0.15, 0.2) is 0 Å². The Bertz CT molecular complexity index is 1140. The van der Waals surface area contributed by atoms with Gasteiger partial charge in [0.05, 0.1) is 4.90 Å². The molecule has 1 saturated heterocycles. The summed E-state index contributed by atoms with van der Waals surface area (Å²) >= 11 is 0. The van der Waals surface area contributed by atoms with Gasteiger partial charge in [-0.25, -0.2) is 8.42 Å². The standard InChI is InChI=1S/C26H33N3O4S/c1-19-12-14-28(15-13-19)34(32,33)23-9-10-24-22(16-23)8-11-26(31)29(24)18-25(30)27-17-20(2)21-6-4-3-5-7-21/h3-7,9-10,16,19-20H,8,11-15,17-18H2,1-2H3,(H,27,30)/t20-/m1/s1. The molecule has 4 rings (SSSR count). The normalized spacial score (nSPS) is 18.4. The maximum atomic E-state index is 13.2. The molecule has 2 heterocycles. The number of hydrogen-bond donors (Lipinski definition) is 1. The van der Waals surface area contributed by atoms with E-state index < -0.39 is 10.0 Å². The fraction of sp³-hybridized carbons (Fsp3) is 0.462. The summed E-state index contributed by atoms with van der Waals surface area (Å²) in [6.45, 7) is 5.65. The summed E-state index contributed by atoms with van der Waals surface area (Å²) in [6, 6.07) is 14.9. The number of rotatable bonds is 7.